The molecule has 0 unspecified atom stereocenters. The Labute approximate surface area is 188 Å². The predicted octanol–water partition coefficient (Wildman–Crippen LogP) is 3.96. The highest BCUT2D eigenvalue weighted by molar-refractivity contribution is 7.92. The van der Waals surface area contributed by atoms with E-state index in [4.69, 9.17) is 9.47 Å². The van der Waals surface area contributed by atoms with E-state index in [1.54, 1.807) is 44.4 Å². The zero-order valence-electron chi connectivity index (χ0n) is 18.2. The molecule has 32 heavy (non-hydrogen) atoms. The molecule has 0 aromatic heterocycles. The molecule has 0 radical (unpaired) electrons. The number of anilines is 1. The summed E-state index contributed by atoms with van der Waals surface area (Å²) in [6.45, 7) is 1.77. The molecule has 7 nitrogen and oxygen atoms in total. The number of nitrogens with zero attached hydrogens (tertiary/aromatic N) is 1. The van der Waals surface area contributed by atoms with Crippen LogP contribution in [0.1, 0.15) is 12.5 Å². The number of para-hydroxylation sites is 2. The van der Waals surface area contributed by atoms with E-state index in [1.807, 2.05) is 48.5 Å². The molecule has 0 fully saturated rings. The van der Waals surface area contributed by atoms with Crippen LogP contribution in [0.2, 0.25) is 0 Å². The number of carbonyl (C=O) groups is 1. The number of carbonyl (C=O) groups excluding carboxylic acids is 1. The van der Waals surface area contributed by atoms with Gasteiger partial charge in [-0.1, -0.05) is 36.4 Å². The summed E-state index contributed by atoms with van der Waals surface area (Å²) in [6, 6.07) is 22.2. The monoisotopic (exact) mass is 454 g/mol. The Balaban J connectivity index is 1.74. The molecular weight excluding hydrogens is 428 g/mol. The molecule has 1 N–H and O–H groups in total. The SMILES string of the molecule is COc1ccccc1CNC(=O)[C@H](C)N(c1ccc(Oc2ccccc2)cc1)S(C)(=O)=O. The lowest BCUT2D eigenvalue weighted by Gasteiger charge is -2.28. The molecule has 3 aromatic carbocycles. The summed E-state index contributed by atoms with van der Waals surface area (Å²) in [4.78, 5) is 12.8. The van der Waals surface area contributed by atoms with Crippen molar-refractivity contribution in [2.75, 3.05) is 17.7 Å². The van der Waals surface area contributed by atoms with Gasteiger partial charge in [0.2, 0.25) is 15.9 Å². The van der Waals surface area contributed by atoms with Crippen LogP contribution in [-0.2, 0) is 21.4 Å². The smallest absolute Gasteiger partial charge is 0.243 e. The molecule has 3 rings (SSSR count). The number of ether oxygens (including phenoxy) is 2. The molecule has 0 aliphatic carbocycles. The zero-order valence-corrected chi connectivity index (χ0v) is 19.0. The zero-order chi connectivity index (χ0) is 23.1. The third-order valence-electron chi connectivity index (χ3n) is 4.80. The van der Waals surface area contributed by atoms with Gasteiger partial charge in [-0.05, 0) is 49.4 Å². The molecular formula is C24H26N2O5S. The van der Waals surface area contributed by atoms with E-state index in [1.165, 1.54) is 0 Å². The number of benzene rings is 3. The maximum atomic E-state index is 12.8. The number of rotatable bonds is 9. The number of nitrogens with one attached hydrogen (secondary N) is 1. The van der Waals surface area contributed by atoms with Crippen LogP contribution in [0, 0.1) is 0 Å². The first kappa shape index (κ1) is 23.1. The van der Waals surface area contributed by atoms with Gasteiger partial charge in [-0.25, -0.2) is 8.42 Å². The molecule has 1 amide bonds. The molecule has 0 saturated carbocycles. The summed E-state index contributed by atoms with van der Waals surface area (Å²) in [5.41, 5.74) is 1.16. The highest BCUT2D eigenvalue weighted by Gasteiger charge is 2.29. The van der Waals surface area contributed by atoms with Gasteiger partial charge >= 0.3 is 0 Å². The Morgan fingerprint density at radius 2 is 1.53 bits per heavy atom. The second kappa shape index (κ2) is 10.2. The first-order chi connectivity index (χ1) is 15.3. The van der Waals surface area contributed by atoms with Gasteiger partial charge in [-0.2, -0.15) is 0 Å². The minimum atomic E-state index is -3.72. The van der Waals surface area contributed by atoms with Gasteiger partial charge in [-0.15, -0.1) is 0 Å². The molecule has 0 heterocycles. The Kier molecular flexibility index (Phi) is 7.37. The van der Waals surface area contributed by atoms with Crippen LogP contribution >= 0.6 is 0 Å². The Morgan fingerprint density at radius 1 is 0.938 bits per heavy atom. The molecule has 0 aliphatic heterocycles. The summed E-state index contributed by atoms with van der Waals surface area (Å²) in [5, 5.41) is 2.79. The van der Waals surface area contributed by atoms with E-state index < -0.39 is 22.0 Å². The van der Waals surface area contributed by atoms with Crippen molar-refractivity contribution in [1.82, 2.24) is 5.32 Å². The summed E-state index contributed by atoms with van der Waals surface area (Å²) in [7, 11) is -2.17. The largest absolute Gasteiger partial charge is 0.496 e. The Bertz CT molecular complexity index is 1150. The van der Waals surface area contributed by atoms with Gasteiger partial charge in [0.1, 0.15) is 23.3 Å². The molecule has 1 atom stereocenters. The number of hydrogen-bond donors (Lipinski definition) is 1. The lowest BCUT2D eigenvalue weighted by molar-refractivity contribution is -0.122. The Morgan fingerprint density at radius 3 is 2.16 bits per heavy atom. The molecule has 3 aromatic rings. The van der Waals surface area contributed by atoms with Crippen molar-refractivity contribution < 1.29 is 22.7 Å². The van der Waals surface area contributed by atoms with Gasteiger partial charge in [0.05, 0.1) is 19.1 Å². The lowest BCUT2D eigenvalue weighted by atomic mass is 10.2. The number of sulfonamides is 1. The molecule has 0 saturated heterocycles. The van der Waals surface area contributed by atoms with Crippen LogP contribution in [0.5, 0.6) is 17.2 Å². The average molecular weight is 455 g/mol. The molecule has 168 valence electrons. The number of amides is 1. The van der Waals surface area contributed by atoms with Crippen molar-refractivity contribution in [3.63, 3.8) is 0 Å². The third kappa shape index (κ3) is 5.79. The summed E-state index contributed by atoms with van der Waals surface area (Å²) >= 11 is 0. The van der Waals surface area contributed by atoms with E-state index in [0.29, 0.717) is 22.9 Å². The van der Waals surface area contributed by atoms with Crippen LogP contribution < -0.4 is 19.1 Å². The predicted molar refractivity (Wildman–Crippen MR) is 125 cm³/mol. The van der Waals surface area contributed by atoms with Crippen LogP contribution in [0.15, 0.2) is 78.9 Å². The first-order valence-electron chi connectivity index (χ1n) is 10.0. The van der Waals surface area contributed by atoms with E-state index in [0.717, 1.165) is 16.1 Å². The standard InChI is InChI=1S/C24H26N2O5S/c1-18(24(27)25-17-19-9-7-8-12-23(19)30-2)26(32(3,28)29)20-13-15-22(16-14-20)31-21-10-5-4-6-11-21/h4-16,18H,17H2,1-3H3,(H,25,27)/t18-/m0/s1. The van der Waals surface area contributed by atoms with Crippen molar-refractivity contribution in [3.8, 4) is 17.2 Å². The van der Waals surface area contributed by atoms with E-state index >= 15 is 0 Å². The van der Waals surface area contributed by atoms with Crippen molar-refractivity contribution in [1.29, 1.82) is 0 Å². The van der Waals surface area contributed by atoms with Crippen LogP contribution in [0.3, 0.4) is 0 Å². The minimum Gasteiger partial charge on any atom is -0.496 e. The number of methoxy groups -OCH3 is 1. The molecule has 0 aliphatic rings. The van der Waals surface area contributed by atoms with Gasteiger partial charge in [0.15, 0.2) is 0 Å². The van der Waals surface area contributed by atoms with Crippen LogP contribution in [0.4, 0.5) is 5.69 Å². The topological polar surface area (TPSA) is 84.9 Å². The van der Waals surface area contributed by atoms with E-state index in [9.17, 15) is 13.2 Å². The highest BCUT2D eigenvalue weighted by atomic mass is 32.2. The van der Waals surface area contributed by atoms with Gasteiger partial charge < -0.3 is 14.8 Å². The van der Waals surface area contributed by atoms with Gasteiger partial charge in [-0.3, -0.25) is 9.10 Å². The minimum absolute atomic E-state index is 0.217. The third-order valence-corrected chi connectivity index (χ3v) is 6.05. The Hall–Kier alpha value is -3.52. The van der Waals surface area contributed by atoms with Gasteiger partial charge in [0.25, 0.3) is 0 Å². The molecule has 8 heteroatoms. The second-order valence-corrected chi connectivity index (χ2v) is 9.03. The van der Waals surface area contributed by atoms with Crippen LogP contribution in [0.25, 0.3) is 0 Å². The highest BCUT2D eigenvalue weighted by Crippen LogP contribution is 2.27. The quantitative estimate of drug-likeness (QED) is 0.529. The fourth-order valence-electron chi connectivity index (χ4n) is 3.27. The van der Waals surface area contributed by atoms with Crippen molar-refractivity contribution in [2.45, 2.75) is 19.5 Å². The number of hydrogen-bond acceptors (Lipinski definition) is 5. The van der Waals surface area contributed by atoms with Crippen molar-refractivity contribution in [3.05, 3.63) is 84.4 Å². The summed E-state index contributed by atoms with van der Waals surface area (Å²) < 4.78 is 37.2. The van der Waals surface area contributed by atoms with Crippen LogP contribution in [-0.4, -0.2) is 33.7 Å². The van der Waals surface area contributed by atoms with Crippen molar-refractivity contribution in [2.24, 2.45) is 0 Å². The van der Waals surface area contributed by atoms with Crippen molar-refractivity contribution >= 4 is 21.6 Å². The normalized spacial score (nSPS) is 12.0. The molecule has 0 bridgehead atoms. The second-order valence-electron chi connectivity index (χ2n) is 7.17. The maximum Gasteiger partial charge on any atom is 0.243 e. The summed E-state index contributed by atoms with van der Waals surface area (Å²) in [5.74, 6) is 1.45. The first-order valence-corrected chi connectivity index (χ1v) is 11.9. The fraction of sp³-hybridized carbons (Fsp3) is 0.208. The van der Waals surface area contributed by atoms with E-state index in [2.05, 4.69) is 5.32 Å². The lowest BCUT2D eigenvalue weighted by Crippen LogP contribution is -2.47. The maximum absolute atomic E-state index is 12.8. The van der Waals surface area contributed by atoms with E-state index in [-0.39, 0.29) is 6.54 Å². The summed E-state index contributed by atoms with van der Waals surface area (Å²) in [6.07, 6.45) is 1.07. The van der Waals surface area contributed by atoms with Gasteiger partial charge in [0, 0.05) is 12.1 Å². The fourth-order valence-corrected chi connectivity index (χ4v) is 4.45. The molecule has 0 spiro atoms. The average Bonchev–Trinajstić information content (AvgIpc) is 2.78.